The fourth-order valence-corrected chi connectivity index (χ4v) is 4.64. The third-order valence-corrected chi connectivity index (χ3v) is 6.26. The van der Waals surface area contributed by atoms with Gasteiger partial charge in [-0.1, -0.05) is 13.8 Å². The first-order valence-electron chi connectivity index (χ1n) is 9.38. The predicted molar refractivity (Wildman–Crippen MR) is 89.7 cm³/mol. The van der Waals surface area contributed by atoms with Crippen LogP contribution >= 0.6 is 0 Å². The van der Waals surface area contributed by atoms with Crippen LogP contribution in [0.5, 0.6) is 0 Å². The molecule has 3 nitrogen and oxygen atoms in total. The van der Waals surface area contributed by atoms with E-state index in [2.05, 4.69) is 13.8 Å². The molecule has 2 aliphatic rings. The maximum atomic E-state index is 9.74. The maximum absolute atomic E-state index is 9.74. The van der Waals surface area contributed by atoms with Crippen molar-refractivity contribution in [2.45, 2.75) is 97.6 Å². The van der Waals surface area contributed by atoms with Crippen LogP contribution in [0.3, 0.4) is 0 Å². The molecular weight excluding hydrogens is 276 g/mol. The second kappa shape index (κ2) is 8.12. The molecule has 0 spiro atoms. The minimum Gasteiger partial charge on any atom is -0.393 e. The van der Waals surface area contributed by atoms with Crippen molar-refractivity contribution >= 4 is 0 Å². The summed E-state index contributed by atoms with van der Waals surface area (Å²) in [6.45, 7) is 9.67. The molecule has 2 rings (SSSR count). The van der Waals surface area contributed by atoms with Crippen molar-refractivity contribution in [2.75, 3.05) is 6.61 Å². The molecule has 130 valence electrons. The number of aliphatic hydroxyl groups excluding tert-OH is 1. The van der Waals surface area contributed by atoms with Gasteiger partial charge in [0.05, 0.1) is 12.2 Å². The van der Waals surface area contributed by atoms with Gasteiger partial charge in [0, 0.05) is 6.61 Å². The molecule has 1 atom stereocenters. The topological polar surface area (TPSA) is 38.7 Å². The molecule has 2 saturated carbocycles. The van der Waals surface area contributed by atoms with Gasteiger partial charge in [0.15, 0.2) is 6.29 Å². The normalized spacial score (nSPS) is 35.3. The Morgan fingerprint density at radius 3 is 1.95 bits per heavy atom. The van der Waals surface area contributed by atoms with Crippen LogP contribution in [0.25, 0.3) is 0 Å². The van der Waals surface area contributed by atoms with E-state index in [1.807, 2.05) is 13.8 Å². The Hall–Kier alpha value is -0.120. The smallest absolute Gasteiger partial charge is 0.155 e. The third kappa shape index (κ3) is 4.69. The molecule has 0 aromatic heterocycles. The van der Waals surface area contributed by atoms with E-state index in [-0.39, 0.29) is 12.4 Å². The highest BCUT2D eigenvalue weighted by Crippen LogP contribution is 2.48. The third-order valence-electron chi connectivity index (χ3n) is 6.26. The summed E-state index contributed by atoms with van der Waals surface area (Å²) in [5.74, 6) is 1.58. The zero-order valence-corrected chi connectivity index (χ0v) is 15.0. The Labute approximate surface area is 136 Å². The second-order valence-electron chi connectivity index (χ2n) is 7.96. The summed E-state index contributed by atoms with van der Waals surface area (Å²) in [7, 11) is 0. The first-order chi connectivity index (χ1) is 10.4. The van der Waals surface area contributed by atoms with Gasteiger partial charge in [-0.25, -0.2) is 0 Å². The van der Waals surface area contributed by atoms with E-state index in [0.717, 1.165) is 31.3 Å². The summed E-state index contributed by atoms with van der Waals surface area (Å²) in [5.41, 5.74) is 0.399. The first-order valence-corrected chi connectivity index (χ1v) is 9.38. The van der Waals surface area contributed by atoms with Gasteiger partial charge >= 0.3 is 0 Å². The fraction of sp³-hybridized carbons (Fsp3) is 1.00. The Morgan fingerprint density at radius 1 is 0.955 bits per heavy atom. The second-order valence-corrected chi connectivity index (χ2v) is 7.96. The highest BCUT2D eigenvalue weighted by molar-refractivity contribution is 4.90. The average Bonchev–Trinajstić information content (AvgIpc) is 2.48. The summed E-state index contributed by atoms with van der Waals surface area (Å²) < 4.78 is 11.5. The minimum atomic E-state index is -0.0700. The largest absolute Gasteiger partial charge is 0.393 e. The van der Waals surface area contributed by atoms with Crippen molar-refractivity contribution in [3.8, 4) is 0 Å². The van der Waals surface area contributed by atoms with Crippen LogP contribution in [0.15, 0.2) is 0 Å². The van der Waals surface area contributed by atoms with Crippen LogP contribution in [0, 0.1) is 17.3 Å². The zero-order chi connectivity index (χ0) is 16.2. The van der Waals surface area contributed by atoms with Crippen molar-refractivity contribution in [1.29, 1.82) is 0 Å². The highest BCUT2D eigenvalue weighted by Gasteiger charge is 2.40. The van der Waals surface area contributed by atoms with Crippen LogP contribution in [-0.2, 0) is 9.47 Å². The number of aliphatic hydroxyl groups is 1. The number of hydrogen-bond donors (Lipinski definition) is 1. The molecule has 3 heteroatoms. The predicted octanol–water partition coefficient (Wildman–Crippen LogP) is 4.52. The Bertz CT molecular complexity index is 313. The molecule has 2 fully saturated rings. The average molecular weight is 312 g/mol. The lowest BCUT2D eigenvalue weighted by atomic mass is 9.60. The fourth-order valence-electron chi connectivity index (χ4n) is 4.64. The Morgan fingerprint density at radius 2 is 1.45 bits per heavy atom. The van der Waals surface area contributed by atoms with Gasteiger partial charge in [0.2, 0.25) is 0 Å². The Kier molecular flexibility index (Phi) is 6.73. The van der Waals surface area contributed by atoms with Gasteiger partial charge in [-0.3, -0.25) is 0 Å². The van der Waals surface area contributed by atoms with Crippen molar-refractivity contribution in [1.82, 2.24) is 0 Å². The first kappa shape index (κ1) is 18.2. The van der Waals surface area contributed by atoms with Gasteiger partial charge in [0.1, 0.15) is 0 Å². The van der Waals surface area contributed by atoms with Crippen LogP contribution in [0.4, 0.5) is 0 Å². The standard InChI is InChI=1S/C19H36O3/c1-5-21-14(2)22-18-12-8-16(9-13-18)19(3,4)15-6-10-17(20)11-7-15/h14-18,20H,5-13H2,1-4H3. The number of rotatable bonds is 6. The number of hydrogen-bond acceptors (Lipinski definition) is 3. The Balaban J connectivity index is 1.80. The molecule has 0 aromatic rings. The van der Waals surface area contributed by atoms with Crippen molar-refractivity contribution in [3.05, 3.63) is 0 Å². The van der Waals surface area contributed by atoms with E-state index in [9.17, 15) is 5.11 Å². The molecular formula is C19H36O3. The molecule has 0 amide bonds. The summed E-state index contributed by atoms with van der Waals surface area (Å²) in [6, 6.07) is 0. The number of ether oxygens (including phenoxy) is 2. The molecule has 2 aliphatic carbocycles. The minimum absolute atomic E-state index is 0.0451. The molecule has 0 heterocycles. The molecule has 22 heavy (non-hydrogen) atoms. The van der Waals surface area contributed by atoms with Crippen LogP contribution in [0.2, 0.25) is 0 Å². The highest BCUT2D eigenvalue weighted by atomic mass is 16.7. The molecule has 0 saturated heterocycles. The van der Waals surface area contributed by atoms with E-state index in [1.165, 1.54) is 38.5 Å². The van der Waals surface area contributed by atoms with E-state index < -0.39 is 0 Å². The lowest BCUT2D eigenvalue weighted by Crippen LogP contribution is -2.39. The van der Waals surface area contributed by atoms with Gasteiger partial charge in [-0.15, -0.1) is 0 Å². The van der Waals surface area contributed by atoms with Crippen LogP contribution < -0.4 is 0 Å². The summed E-state index contributed by atoms with van der Waals surface area (Å²) in [6.07, 6.45) is 9.54. The molecule has 0 aromatic carbocycles. The van der Waals surface area contributed by atoms with Crippen molar-refractivity contribution in [3.63, 3.8) is 0 Å². The van der Waals surface area contributed by atoms with Crippen molar-refractivity contribution < 1.29 is 14.6 Å². The van der Waals surface area contributed by atoms with Crippen LogP contribution in [-0.4, -0.2) is 30.2 Å². The van der Waals surface area contributed by atoms with E-state index in [4.69, 9.17) is 9.47 Å². The van der Waals surface area contributed by atoms with E-state index >= 15 is 0 Å². The maximum Gasteiger partial charge on any atom is 0.155 e. The summed E-state index contributed by atoms with van der Waals surface area (Å²) in [4.78, 5) is 0. The van der Waals surface area contributed by atoms with E-state index in [1.54, 1.807) is 0 Å². The molecule has 0 radical (unpaired) electrons. The lowest BCUT2D eigenvalue weighted by molar-refractivity contribution is -0.168. The molecule has 1 N–H and O–H groups in total. The SMILES string of the molecule is CCOC(C)OC1CCC(C(C)(C)C2CCC(O)CC2)CC1. The molecule has 0 aliphatic heterocycles. The van der Waals surface area contributed by atoms with Gasteiger partial charge in [0.25, 0.3) is 0 Å². The van der Waals surface area contributed by atoms with Gasteiger partial charge in [-0.05, 0) is 82.5 Å². The van der Waals surface area contributed by atoms with Gasteiger partial charge in [-0.2, -0.15) is 0 Å². The van der Waals surface area contributed by atoms with Gasteiger partial charge < -0.3 is 14.6 Å². The van der Waals surface area contributed by atoms with Crippen LogP contribution in [0.1, 0.15) is 79.1 Å². The summed E-state index contributed by atoms with van der Waals surface area (Å²) in [5, 5.41) is 9.74. The van der Waals surface area contributed by atoms with E-state index in [0.29, 0.717) is 11.5 Å². The quantitative estimate of drug-likeness (QED) is 0.733. The zero-order valence-electron chi connectivity index (χ0n) is 15.0. The monoisotopic (exact) mass is 312 g/mol. The van der Waals surface area contributed by atoms with Crippen molar-refractivity contribution in [2.24, 2.45) is 17.3 Å². The molecule has 0 bridgehead atoms. The summed E-state index contributed by atoms with van der Waals surface area (Å²) >= 11 is 0. The molecule has 1 unspecified atom stereocenters. The lowest BCUT2D eigenvalue weighted by Gasteiger charge is -2.46.